The maximum absolute atomic E-state index is 12.1. The predicted molar refractivity (Wildman–Crippen MR) is 112 cm³/mol. The largest absolute Gasteiger partial charge is 0.493 e. The monoisotopic (exact) mass is 417 g/mol. The van der Waals surface area contributed by atoms with Crippen LogP contribution in [0.2, 0.25) is 0 Å². The van der Waals surface area contributed by atoms with E-state index >= 15 is 0 Å². The summed E-state index contributed by atoms with van der Waals surface area (Å²) in [7, 11) is 0. The van der Waals surface area contributed by atoms with Crippen molar-refractivity contribution >= 4 is 35.4 Å². The van der Waals surface area contributed by atoms with Gasteiger partial charge in [-0.3, -0.25) is 25.8 Å². The third-order valence-electron chi connectivity index (χ3n) is 3.46. The average Bonchev–Trinajstić information content (AvgIpc) is 2.73. The Morgan fingerprint density at radius 1 is 0.966 bits per heavy atom. The Bertz CT molecular complexity index is 800. The molecule has 0 aliphatic heterocycles. The van der Waals surface area contributed by atoms with Crippen LogP contribution in [0.15, 0.2) is 54.6 Å². The molecule has 0 fully saturated rings. The Morgan fingerprint density at radius 2 is 1.69 bits per heavy atom. The highest BCUT2D eigenvalue weighted by molar-refractivity contribution is 7.99. The lowest BCUT2D eigenvalue weighted by molar-refractivity contribution is -0.119. The van der Waals surface area contributed by atoms with Crippen LogP contribution in [0.5, 0.6) is 5.75 Å². The molecule has 0 aliphatic carbocycles. The molecule has 2 aromatic rings. The van der Waals surface area contributed by atoms with Crippen LogP contribution in [0.25, 0.3) is 0 Å². The molecule has 0 bridgehead atoms. The number of rotatable bonds is 9. The second-order valence-corrected chi connectivity index (χ2v) is 6.74. The minimum atomic E-state index is -0.566. The van der Waals surface area contributed by atoms with Crippen LogP contribution in [0.1, 0.15) is 17.3 Å². The number of para-hydroxylation sites is 1. The van der Waals surface area contributed by atoms with Crippen molar-refractivity contribution in [3.63, 3.8) is 0 Å². The lowest BCUT2D eigenvalue weighted by atomic mass is 10.2. The van der Waals surface area contributed by atoms with Crippen molar-refractivity contribution in [2.24, 2.45) is 0 Å². The van der Waals surface area contributed by atoms with Crippen molar-refractivity contribution < 1.29 is 23.9 Å². The van der Waals surface area contributed by atoms with E-state index in [1.54, 1.807) is 19.1 Å². The first kappa shape index (κ1) is 22.1. The van der Waals surface area contributed by atoms with E-state index in [0.29, 0.717) is 23.6 Å². The zero-order valence-electron chi connectivity index (χ0n) is 16.0. The molecule has 0 spiro atoms. The van der Waals surface area contributed by atoms with Gasteiger partial charge < -0.3 is 9.47 Å². The zero-order chi connectivity index (χ0) is 20.9. The third kappa shape index (κ3) is 8.56. The molecule has 8 nitrogen and oxygen atoms in total. The summed E-state index contributed by atoms with van der Waals surface area (Å²) < 4.78 is 10.3. The number of hydrogen-bond acceptors (Lipinski definition) is 6. The van der Waals surface area contributed by atoms with Gasteiger partial charge in [-0.15, -0.1) is 11.8 Å². The summed E-state index contributed by atoms with van der Waals surface area (Å²) in [5.41, 5.74) is 5.55. The van der Waals surface area contributed by atoms with Crippen LogP contribution in [0, 0.1) is 0 Å². The molecule has 29 heavy (non-hydrogen) atoms. The normalized spacial score (nSPS) is 9.97. The minimum absolute atomic E-state index is 0.195. The summed E-state index contributed by atoms with van der Waals surface area (Å²) in [5, 5.41) is 2.53. The molecule has 0 saturated carbocycles. The molecule has 3 N–H and O–H groups in total. The van der Waals surface area contributed by atoms with Crippen LogP contribution < -0.4 is 20.9 Å². The molecule has 0 atom stereocenters. The number of benzene rings is 2. The highest BCUT2D eigenvalue weighted by Crippen LogP contribution is 2.10. The van der Waals surface area contributed by atoms with Gasteiger partial charge in [0.25, 0.3) is 5.91 Å². The maximum atomic E-state index is 12.1. The first-order chi connectivity index (χ1) is 14.1. The summed E-state index contributed by atoms with van der Waals surface area (Å²) in [6.45, 7) is 2.46. The molecular weight excluding hydrogens is 394 g/mol. The third-order valence-corrected chi connectivity index (χ3v) is 4.38. The SMILES string of the molecule is CCOC(=O)Nc1ccc(C(=O)NNC(=O)CSCCOc2ccccc2)cc1. The number of carbonyl (C=O) groups is 3. The van der Waals surface area contributed by atoms with Gasteiger partial charge in [-0.1, -0.05) is 18.2 Å². The van der Waals surface area contributed by atoms with Crippen LogP contribution in [0.3, 0.4) is 0 Å². The second-order valence-electron chi connectivity index (χ2n) is 5.64. The molecule has 3 amide bonds. The van der Waals surface area contributed by atoms with Gasteiger partial charge >= 0.3 is 6.09 Å². The Hall–Kier alpha value is -3.20. The fraction of sp³-hybridized carbons (Fsp3) is 0.250. The van der Waals surface area contributed by atoms with E-state index in [1.807, 2.05) is 30.3 Å². The van der Waals surface area contributed by atoms with Crippen LogP contribution in [-0.2, 0) is 9.53 Å². The number of hydrogen-bond donors (Lipinski definition) is 3. The van der Waals surface area contributed by atoms with E-state index in [1.165, 1.54) is 23.9 Å². The van der Waals surface area contributed by atoms with Crippen molar-refractivity contribution in [2.45, 2.75) is 6.92 Å². The summed E-state index contributed by atoms with van der Waals surface area (Å²) in [6.07, 6.45) is -0.566. The summed E-state index contributed by atoms with van der Waals surface area (Å²) in [5.74, 6) is 0.849. The van der Waals surface area contributed by atoms with Crippen LogP contribution in [-0.4, -0.2) is 42.6 Å². The molecule has 0 heterocycles. The molecule has 0 saturated heterocycles. The van der Waals surface area contributed by atoms with Gasteiger partial charge in [-0.05, 0) is 43.3 Å². The van der Waals surface area contributed by atoms with E-state index in [4.69, 9.17) is 9.47 Å². The molecule has 154 valence electrons. The molecule has 0 aliphatic rings. The van der Waals surface area contributed by atoms with Crippen LogP contribution in [0.4, 0.5) is 10.5 Å². The molecule has 2 rings (SSSR count). The fourth-order valence-electron chi connectivity index (χ4n) is 2.12. The minimum Gasteiger partial charge on any atom is -0.493 e. The van der Waals surface area contributed by atoms with E-state index in [2.05, 4.69) is 16.2 Å². The predicted octanol–water partition coefficient (Wildman–Crippen LogP) is 2.83. The Balaban J connectivity index is 1.62. The standard InChI is InChI=1S/C20H23N3O5S/c1-2-27-20(26)21-16-10-8-15(9-11-16)19(25)23-22-18(24)14-29-13-12-28-17-6-4-3-5-7-17/h3-11H,2,12-14H2,1H3,(H,21,26)(H,22,24)(H,23,25). The quantitative estimate of drug-likeness (QED) is 0.428. The molecule has 9 heteroatoms. The topological polar surface area (TPSA) is 106 Å². The first-order valence-electron chi connectivity index (χ1n) is 8.97. The van der Waals surface area contributed by atoms with Gasteiger partial charge in [0.15, 0.2) is 0 Å². The fourth-order valence-corrected chi connectivity index (χ4v) is 2.73. The van der Waals surface area contributed by atoms with E-state index in [0.717, 1.165) is 5.75 Å². The molecular formula is C20H23N3O5S. The van der Waals surface area contributed by atoms with Crippen molar-refractivity contribution in [3.8, 4) is 5.75 Å². The highest BCUT2D eigenvalue weighted by Gasteiger charge is 2.08. The van der Waals surface area contributed by atoms with Crippen molar-refractivity contribution in [2.75, 3.05) is 30.0 Å². The second kappa shape index (κ2) is 12.3. The smallest absolute Gasteiger partial charge is 0.411 e. The van der Waals surface area contributed by atoms with Gasteiger partial charge in [0.2, 0.25) is 5.91 Å². The van der Waals surface area contributed by atoms with Gasteiger partial charge in [0.1, 0.15) is 5.75 Å². The number of thioether (sulfide) groups is 1. The molecule has 0 unspecified atom stereocenters. The molecule has 0 radical (unpaired) electrons. The van der Waals surface area contributed by atoms with Gasteiger partial charge in [-0.2, -0.15) is 0 Å². The number of carbonyl (C=O) groups excluding carboxylic acids is 3. The Labute approximate surface area is 173 Å². The number of hydrazine groups is 1. The summed E-state index contributed by atoms with van der Waals surface area (Å²) >= 11 is 1.40. The number of ether oxygens (including phenoxy) is 2. The lowest BCUT2D eigenvalue weighted by Crippen LogP contribution is -2.42. The maximum Gasteiger partial charge on any atom is 0.411 e. The summed E-state index contributed by atoms with van der Waals surface area (Å²) in [6, 6.07) is 15.6. The average molecular weight is 417 g/mol. The van der Waals surface area contributed by atoms with Gasteiger partial charge in [0.05, 0.1) is 19.0 Å². The molecule has 0 aromatic heterocycles. The molecule has 2 aromatic carbocycles. The highest BCUT2D eigenvalue weighted by atomic mass is 32.2. The Morgan fingerprint density at radius 3 is 2.38 bits per heavy atom. The number of anilines is 1. The van der Waals surface area contributed by atoms with Crippen molar-refractivity contribution in [1.29, 1.82) is 0 Å². The van der Waals surface area contributed by atoms with Gasteiger partial charge in [-0.25, -0.2) is 4.79 Å². The number of amides is 3. The van der Waals surface area contributed by atoms with Gasteiger partial charge in [0, 0.05) is 17.0 Å². The zero-order valence-corrected chi connectivity index (χ0v) is 16.8. The van der Waals surface area contributed by atoms with E-state index in [9.17, 15) is 14.4 Å². The van der Waals surface area contributed by atoms with E-state index < -0.39 is 12.0 Å². The first-order valence-corrected chi connectivity index (χ1v) is 10.1. The van der Waals surface area contributed by atoms with E-state index in [-0.39, 0.29) is 18.3 Å². The Kier molecular flexibility index (Phi) is 9.37. The van der Waals surface area contributed by atoms with Crippen molar-refractivity contribution in [1.82, 2.24) is 10.9 Å². The lowest BCUT2D eigenvalue weighted by Gasteiger charge is -2.09. The van der Waals surface area contributed by atoms with Crippen molar-refractivity contribution in [3.05, 3.63) is 60.2 Å². The number of nitrogens with one attached hydrogen (secondary N) is 3. The van der Waals surface area contributed by atoms with Crippen LogP contribution >= 0.6 is 11.8 Å². The summed E-state index contributed by atoms with van der Waals surface area (Å²) in [4.78, 5) is 35.2.